The van der Waals surface area contributed by atoms with Crippen LogP contribution >= 0.6 is 0 Å². The van der Waals surface area contributed by atoms with E-state index in [-0.39, 0.29) is 25.0 Å². The topological polar surface area (TPSA) is 94.8 Å². The quantitative estimate of drug-likeness (QED) is 0.470. The number of rotatable bonds is 8. The molecule has 36 heavy (non-hydrogen) atoms. The standard InChI is InChI=1S/C29H33N3O4/c1-2-35-29(34)36-27-20-32(14-13-26(27)24-10-6-9-22(15-24)17-30)28(33)25-16-23(18-31-19-25)12-11-21-7-4-3-5-8-21/h3-10,15-16,18-19,26-27H,2,11-14,17,20,30H2,1H3/t26-,27-/m1/s1. The zero-order valence-corrected chi connectivity index (χ0v) is 20.6. The number of amides is 1. The highest BCUT2D eigenvalue weighted by Crippen LogP contribution is 2.32. The van der Waals surface area contributed by atoms with E-state index in [9.17, 15) is 9.59 Å². The number of aryl methyl sites for hydroxylation is 2. The number of hydrogen-bond acceptors (Lipinski definition) is 6. The van der Waals surface area contributed by atoms with Gasteiger partial charge in [-0.1, -0.05) is 54.6 Å². The molecule has 0 saturated carbocycles. The molecule has 2 atom stereocenters. The van der Waals surface area contributed by atoms with Gasteiger partial charge in [0.2, 0.25) is 0 Å². The number of ether oxygens (including phenoxy) is 2. The van der Waals surface area contributed by atoms with Crippen molar-refractivity contribution in [3.63, 3.8) is 0 Å². The summed E-state index contributed by atoms with van der Waals surface area (Å²) in [5, 5.41) is 0. The molecule has 1 amide bonds. The van der Waals surface area contributed by atoms with Gasteiger partial charge in [-0.2, -0.15) is 0 Å². The maximum absolute atomic E-state index is 13.4. The summed E-state index contributed by atoms with van der Waals surface area (Å²) in [6, 6.07) is 20.2. The first-order chi connectivity index (χ1) is 17.6. The highest BCUT2D eigenvalue weighted by Gasteiger charge is 2.36. The number of pyridine rings is 1. The second kappa shape index (κ2) is 12.3. The number of hydrogen-bond donors (Lipinski definition) is 1. The molecule has 0 aliphatic carbocycles. The predicted octanol–water partition coefficient (Wildman–Crippen LogP) is 4.50. The van der Waals surface area contributed by atoms with Gasteiger partial charge < -0.3 is 20.1 Å². The Hall–Kier alpha value is -3.71. The predicted molar refractivity (Wildman–Crippen MR) is 138 cm³/mol. The third kappa shape index (κ3) is 6.49. The number of nitrogens with zero attached hydrogens (tertiary/aromatic N) is 2. The average Bonchev–Trinajstić information content (AvgIpc) is 2.92. The number of aromatic nitrogens is 1. The summed E-state index contributed by atoms with van der Waals surface area (Å²) >= 11 is 0. The Bertz CT molecular complexity index is 1170. The van der Waals surface area contributed by atoms with Crippen LogP contribution in [0.2, 0.25) is 0 Å². The van der Waals surface area contributed by atoms with Crippen molar-refractivity contribution in [3.8, 4) is 0 Å². The van der Waals surface area contributed by atoms with E-state index in [2.05, 4.69) is 17.1 Å². The molecule has 4 rings (SSSR count). The lowest BCUT2D eigenvalue weighted by atomic mass is 9.86. The largest absolute Gasteiger partial charge is 0.508 e. The fourth-order valence-electron chi connectivity index (χ4n) is 4.69. The van der Waals surface area contributed by atoms with Crippen molar-refractivity contribution in [1.29, 1.82) is 0 Å². The SMILES string of the molecule is CCOC(=O)O[C@@H]1CN(C(=O)c2cncc(CCc3ccccc3)c2)CC[C@@H]1c1cccc(CN)c1. The van der Waals surface area contributed by atoms with E-state index >= 15 is 0 Å². The summed E-state index contributed by atoms with van der Waals surface area (Å²) in [4.78, 5) is 31.7. The Morgan fingerprint density at radius 3 is 2.56 bits per heavy atom. The third-order valence-electron chi connectivity index (χ3n) is 6.56. The fourth-order valence-corrected chi connectivity index (χ4v) is 4.69. The second-order valence-corrected chi connectivity index (χ2v) is 9.00. The minimum absolute atomic E-state index is 0.0553. The Labute approximate surface area is 212 Å². The molecule has 0 radical (unpaired) electrons. The summed E-state index contributed by atoms with van der Waals surface area (Å²) in [5.74, 6) is -0.170. The smallest absolute Gasteiger partial charge is 0.435 e. The van der Waals surface area contributed by atoms with Crippen LogP contribution in [0.5, 0.6) is 0 Å². The molecule has 188 valence electrons. The van der Waals surface area contributed by atoms with Crippen LogP contribution in [0.1, 0.15) is 51.9 Å². The molecule has 7 heteroatoms. The van der Waals surface area contributed by atoms with E-state index in [1.165, 1.54) is 5.56 Å². The molecule has 0 spiro atoms. The van der Waals surface area contributed by atoms with E-state index in [0.29, 0.717) is 25.1 Å². The zero-order valence-electron chi connectivity index (χ0n) is 20.6. The number of benzene rings is 2. The molecule has 1 saturated heterocycles. The van der Waals surface area contributed by atoms with Crippen LogP contribution in [0, 0.1) is 0 Å². The van der Waals surface area contributed by atoms with Gasteiger partial charge in [0.1, 0.15) is 6.10 Å². The first kappa shape index (κ1) is 25.4. The second-order valence-electron chi connectivity index (χ2n) is 9.00. The molecule has 2 N–H and O–H groups in total. The maximum Gasteiger partial charge on any atom is 0.508 e. The third-order valence-corrected chi connectivity index (χ3v) is 6.56. The van der Waals surface area contributed by atoms with E-state index in [1.54, 1.807) is 18.0 Å². The van der Waals surface area contributed by atoms with Crippen molar-refractivity contribution in [3.05, 3.63) is 101 Å². The lowest BCUT2D eigenvalue weighted by Gasteiger charge is -2.38. The van der Waals surface area contributed by atoms with Crippen LogP contribution < -0.4 is 5.73 Å². The molecule has 1 aliphatic rings. The van der Waals surface area contributed by atoms with Crippen LogP contribution in [-0.4, -0.2) is 47.7 Å². The zero-order chi connectivity index (χ0) is 25.3. The van der Waals surface area contributed by atoms with Crippen LogP contribution in [-0.2, 0) is 28.9 Å². The van der Waals surface area contributed by atoms with Crippen molar-refractivity contribution in [2.24, 2.45) is 5.73 Å². The molecule has 1 aromatic heterocycles. The minimum atomic E-state index is -0.721. The molecular weight excluding hydrogens is 454 g/mol. The van der Waals surface area contributed by atoms with Gasteiger partial charge in [-0.25, -0.2) is 4.79 Å². The van der Waals surface area contributed by atoms with E-state index in [4.69, 9.17) is 15.2 Å². The Morgan fingerprint density at radius 2 is 1.78 bits per heavy atom. The van der Waals surface area contributed by atoms with Gasteiger partial charge >= 0.3 is 6.16 Å². The van der Waals surface area contributed by atoms with Crippen molar-refractivity contribution in [1.82, 2.24) is 9.88 Å². The highest BCUT2D eigenvalue weighted by molar-refractivity contribution is 5.94. The van der Waals surface area contributed by atoms with Crippen molar-refractivity contribution >= 4 is 12.1 Å². The number of likely N-dealkylation sites (tertiary alicyclic amines) is 1. The van der Waals surface area contributed by atoms with E-state index < -0.39 is 12.3 Å². The van der Waals surface area contributed by atoms with Crippen LogP contribution in [0.15, 0.2) is 73.1 Å². The number of carbonyl (C=O) groups is 2. The Kier molecular flexibility index (Phi) is 8.68. The van der Waals surface area contributed by atoms with Crippen molar-refractivity contribution < 1.29 is 19.1 Å². The summed E-state index contributed by atoms with van der Waals surface area (Å²) in [5.41, 5.74) is 10.7. The van der Waals surface area contributed by atoms with Gasteiger partial charge in [0.25, 0.3) is 5.91 Å². The first-order valence-electron chi connectivity index (χ1n) is 12.5. The Morgan fingerprint density at radius 1 is 1.00 bits per heavy atom. The van der Waals surface area contributed by atoms with Crippen molar-refractivity contribution in [2.45, 2.75) is 44.8 Å². The molecule has 7 nitrogen and oxygen atoms in total. The summed E-state index contributed by atoms with van der Waals surface area (Å²) in [6.07, 6.45) is 4.50. The molecule has 2 heterocycles. The first-order valence-corrected chi connectivity index (χ1v) is 12.5. The van der Waals surface area contributed by atoms with Crippen LogP contribution in [0.25, 0.3) is 0 Å². The lowest BCUT2D eigenvalue weighted by Crippen LogP contribution is -2.47. The molecule has 0 unspecified atom stereocenters. The molecule has 1 fully saturated rings. The average molecular weight is 488 g/mol. The van der Waals surface area contributed by atoms with Crippen molar-refractivity contribution in [2.75, 3.05) is 19.7 Å². The van der Waals surface area contributed by atoms with E-state index in [1.807, 2.05) is 54.7 Å². The molecule has 1 aliphatic heterocycles. The molecule has 0 bridgehead atoms. The molecule has 3 aromatic rings. The highest BCUT2D eigenvalue weighted by atomic mass is 16.7. The van der Waals surface area contributed by atoms with Gasteiger partial charge in [0.05, 0.1) is 18.7 Å². The number of carbonyl (C=O) groups excluding carboxylic acids is 2. The lowest BCUT2D eigenvalue weighted by molar-refractivity contribution is -0.0110. The van der Waals surface area contributed by atoms with Gasteiger partial charge in [0.15, 0.2) is 0 Å². The monoisotopic (exact) mass is 487 g/mol. The summed E-state index contributed by atoms with van der Waals surface area (Å²) in [6.45, 7) is 3.22. The summed E-state index contributed by atoms with van der Waals surface area (Å²) in [7, 11) is 0. The maximum atomic E-state index is 13.4. The van der Waals surface area contributed by atoms with Gasteiger partial charge in [-0.3, -0.25) is 9.78 Å². The minimum Gasteiger partial charge on any atom is -0.435 e. The van der Waals surface area contributed by atoms with Crippen LogP contribution in [0.3, 0.4) is 0 Å². The van der Waals surface area contributed by atoms with E-state index in [0.717, 1.165) is 29.5 Å². The fraction of sp³-hybridized carbons (Fsp3) is 0.345. The normalized spacial score (nSPS) is 17.4. The molecule has 2 aromatic carbocycles. The Balaban J connectivity index is 1.48. The van der Waals surface area contributed by atoms with Gasteiger partial charge in [0, 0.05) is 31.4 Å². The van der Waals surface area contributed by atoms with Gasteiger partial charge in [-0.15, -0.1) is 0 Å². The number of nitrogens with two attached hydrogens (primary N) is 1. The summed E-state index contributed by atoms with van der Waals surface area (Å²) < 4.78 is 10.7. The number of piperidine rings is 1. The molecular formula is C29H33N3O4. The van der Waals surface area contributed by atoms with Crippen LogP contribution in [0.4, 0.5) is 4.79 Å². The van der Waals surface area contributed by atoms with Gasteiger partial charge in [-0.05, 0) is 54.5 Å².